The van der Waals surface area contributed by atoms with Crippen LogP contribution in [0.5, 0.6) is 17.2 Å². The summed E-state index contributed by atoms with van der Waals surface area (Å²) in [5.74, 6) is 2.67. The molecule has 2 heterocycles. The third kappa shape index (κ3) is 3.63. The van der Waals surface area contributed by atoms with Crippen molar-refractivity contribution in [1.29, 1.82) is 0 Å². The van der Waals surface area contributed by atoms with Crippen molar-refractivity contribution in [2.75, 3.05) is 26.6 Å². The highest BCUT2D eigenvalue weighted by molar-refractivity contribution is 5.71. The van der Waals surface area contributed by atoms with Crippen LogP contribution >= 0.6 is 0 Å². The van der Waals surface area contributed by atoms with Crippen LogP contribution in [0.1, 0.15) is 11.1 Å². The number of benzene rings is 2. The average molecular weight is 393 g/mol. The number of hydrogen-bond acceptors (Lipinski definition) is 6. The Kier molecular flexibility index (Phi) is 5.12. The fraction of sp³-hybridized carbons (Fsp3) is 0.273. The van der Waals surface area contributed by atoms with Gasteiger partial charge < -0.3 is 19.5 Å². The van der Waals surface area contributed by atoms with E-state index in [1.54, 1.807) is 25.9 Å². The minimum absolute atomic E-state index is 0.264. The highest BCUT2D eigenvalue weighted by atomic mass is 16.5. The third-order valence-electron chi connectivity index (χ3n) is 5.13. The Morgan fingerprint density at radius 3 is 2.41 bits per heavy atom. The Morgan fingerprint density at radius 2 is 1.72 bits per heavy atom. The van der Waals surface area contributed by atoms with E-state index in [1.807, 2.05) is 42.5 Å². The first-order valence-corrected chi connectivity index (χ1v) is 9.37. The maximum Gasteiger partial charge on any atom is 0.349 e. The molecule has 1 N–H and O–H groups in total. The molecule has 0 atom stereocenters. The van der Waals surface area contributed by atoms with Gasteiger partial charge in [-0.2, -0.15) is 4.98 Å². The van der Waals surface area contributed by atoms with Crippen LogP contribution in [0.25, 0.3) is 11.3 Å². The minimum atomic E-state index is -0.264. The van der Waals surface area contributed by atoms with E-state index in [1.165, 1.54) is 0 Å². The molecule has 0 radical (unpaired) electrons. The molecule has 150 valence electrons. The maximum atomic E-state index is 12.6. The van der Waals surface area contributed by atoms with Crippen molar-refractivity contribution in [2.45, 2.75) is 19.5 Å². The molecular weight excluding hydrogens is 370 g/mol. The Labute approximate surface area is 168 Å². The van der Waals surface area contributed by atoms with Crippen LogP contribution in [0.2, 0.25) is 0 Å². The summed E-state index contributed by atoms with van der Waals surface area (Å²) in [6.07, 6.45) is 0.739. The molecule has 1 aliphatic heterocycles. The van der Waals surface area contributed by atoms with Crippen molar-refractivity contribution in [1.82, 2.24) is 9.55 Å². The number of hydrogen-bond donors (Lipinski definition) is 1. The van der Waals surface area contributed by atoms with Crippen LogP contribution in [0, 0.1) is 0 Å². The highest BCUT2D eigenvalue weighted by Gasteiger charge is 2.21. The van der Waals surface area contributed by atoms with Crippen molar-refractivity contribution >= 4 is 5.82 Å². The van der Waals surface area contributed by atoms with E-state index < -0.39 is 0 Å². The molecule has 0 aliphatic carbocycles. The second-order valence-corrected chi connectivity index (χ2v) is 6.78. The molecule has 0 bridgehead atoms. The number of aromatic nitrogens is 2. The molecule has 0 saturated carbocycles. The Hall–Kier alpha value is -3.48. The summed E-state index contributed by atoms with van der Waals surface area (Å²) < 4.78 is 17.7. The van der Waals surface area contributed by atoms with Gasteiger partial charge in [0.2, 0.25) is 0 Å². The summed E-state index contributed by atoms with van der Waals surface area (Å²) in [7, 11) is 4.87. The van der Waals surface area contributed by atoms with Gasteiger partial charge in [0.15, 0.2) is 11.5 Å². The number of fused-ring (bicyclic) bond motifs is 3. The van der Waals surface area contributed by atoms with Crippen molar-refractivity contribution in [3.8, 4) is 28.5 Å². The monoisotopic (exact) mass is 393 g/mol. The van der Waals surface area contributed by atoms with Gasteiger partial charge in [-0.05, 0) is 41.8 Å². The predicted octanol–water partition coefficient (Wildman–Crippen LogP) is 3.10. The largest absolute Gasteiger partial charge is 0.497 e. The lowest BCUT2D eigenvalue weighted by atomic mass is 9.97. The maximum absolute atomic E-state index is 12.6. The Bertz CT molecular complexity index is 1090. The van der Waals surface area contributed by atoms with E-state index in [2.05, 4.69) is 10.3 Å². The van der Waals surface area contributed by atoms with Gasteiger partial charge in [-0.25, -0.2) is 4.79 Å². The second kappa shape index (κ2) is 7.87. The van der Waals surface area contributed by atoms with Gasteiger partial charge in [-0.1, -0.05) is 12.1 Å². The zero-order chi connectivity index (χ0) is 20.4. The molecule has 0 spiro atoms. The molecule has 1 aliphatic rings. The SMILES string of the molecule is COc1ccc(CNc2cc3n(c(=O)n2)CCc2cc(OC)c(OC)cc2-3)cc1. The first-order valence-electron chi connectivity index (χ1n) is 9.37. The van der Waals surface area contributed by atoms with Gasteiger partial charge in [0, 0.05) is 24.7 Å². The fourth-order valence-electron chi connectivity index (χ4n) is 3.57. The van der Waals surface area contributed by atoms with E-state index >= 15 is 0 Å². The number of ether oxygens (including phenoxy) is 3. The van der Waals surface area contributed by atoms with Gasteiger partial charge in [0.25, 0.3) is 0 Å². The van der Waals surface area contributed by atoms with Crippen molar-refractivity contribution in [2.24, 2.45) is 0 Å². The van der Waals surface area contributed by atoms with Crippen LogP contribution in [-0.2, 0) is 19.5 Å². The van der Waals surface area contributed by atoms with E-state index in [4.69, 9.17) is 14.2 Å². The standard InChI is InChI=1S/C22H23N3O4/c1-27-16-6-4-14(5-7-16)13-23-21-12-18-17-11-20(29-3)19(28-2)10-15(17)8-9-25(18)22(26)24-21/h4-7,10-12H,8-9,13H2,1-3H3,(H,23,24,26). The molecule has 7 heteroatoms. The number of anilines is 1. The van der Waals surface area contributed by atoms with Gasteiger partial charge in [-0.3, -0.25) is 4.57 Å². The van der Waals surface area contributed by atoms with Gasteiger partial charge in [0.05, 0.1) is 27.0 Å². The zero-order valence-corrected chi connectivity index (χ0v) is 16.7. The Morgan fingerprint density at radius 1 is 1.00 bits per heavy atom. The summed E-state index contributed by atoms with van der Waals surface area (Å²) in [6.45, 7) is 1.14. The molecule has 0 fully saturated rings. The first-order chi connectivity index (χ1) is 14.1. The number of aryl methyl sites for hydroxylation is 1. The molecule has 29 heavy (non-hydrogen) atoms. The molecule has 4 rings (SSSR count). The van der Waals surface area contributed by atoms with E-state index in [0.29, 0.717) is 30.4 Å². The van der Waals surface area contributed by atoms with Gasteiger partial charge in [-0.15, -0.1) is 0 Å². The summed E-state index contributed by atoms with van der Waals surface area (Å²) in [5.41, 5.74) is 3.71. The topological polar surface area (TPSA) is 74.6 Å². The number of methoxy groups -OCH3 is 3. The second-order valence-electron chi connectivity index (χ2n) is 6.78. The minimum Gasteiger partial charge on any atom is -0.497 e. The Balaban J connectivity index is 1.66. The van der Waals surface area contributed by atoms with Crippen LogP contribution in [-0.4, -0.2) is 30.9 Å². The predicted molar refractivity (Wildman–Crippen MR) is 111 cm³/mol. The fourth-order valence-corrected chi connectivity index (χ4v) is 3.57. The van der Waals surface area contributed by atoms with Crippen LogP contribution in [0.15, 0.2) is 47.3 Å². The third-order valence-corrected chi connectivity index (χ3v) is 5.13. The normalized spacial score (nSPS) is 12.0. The van der Waals surface area contributed by atoms with Crippen molar-refractivity contribution in [3.63, 3.8) is 0 Å². The van der Waals surface area contributed by atoms with Crippen LogP contribution in [0.4, 0.5) is 5.82 Å². The number of nitrogens with one attached hydrogen (secondary N) is 1. The molecule has 1 aromatic heterocycles. The highest BCUT2D eigenvalue weighted by Crippen LogP contribution is 2.38. The summed E-state index contributed by atoms with van der Waals surface area (Å²) >= 11 is 0. The van der Waals surface area contributed by atoms with Crippen LogP contribution < -0.4 is 25.2 Å². The molecule has 3 aromatic rings. The molecular formula is C22H23N3O4. The smallest absolute Gasteiger partial charge is 0.349 e. The lowest BCUT2D eigenvalue weighted by Gasteiger charge is -2.23. The van der Waals surface area contributed by atoms with E-state index in [-0.39, 0.29) is 5.69 Å². The quantitative estimate of drug-likeness (QED) is 0.694. The van der Waals surface area contributed by atoms with Crippen LogP contribution in [0.3, 0.4) is 0 Å². The number of rotatable bonds is 6. The summed E-state index contributed by atoms with van der Waals surface area (Å²) in [4.78, 5) is 16.8. The van der Waals surface area contributed by atoms with E-state index in [0.717, 1.165) is 34.6 Å². The first kappa shape index (κ1) is 18.9. The van der Waals surface area contributed by atoms with Crippen molar-refractivity contribution in [3.05, 3.63) is 64.1 Å². The summed E-state index contributed by atoms with van der Waals surface area (Å²) in [5, 5.41) is 3.25. The lowest BCUT2D eigenvalue weighted by Crippen LogP contribution is -2.29. The molecule has 2 aromatic carbocycles. The number of nitrogens with zero attached hydrogens (tertiary/aromatic N) is 2. The average Bonchev–Trinajstić information content (AvgIpc) is 2.76. The zero-order valence-electron chi connectivity index (χ0n) is 16.7. The summed E-state index contributed by atoms with van der Waals surface area (Å²) in [6, 6.07) is 13.6. The molecule has 0 saturated heterocycles. The van der Waals surface area contributed by atoms with Crippen molar-refractivity contribution < 1.29 is 14.2 Å². The molecule has 7 nitrogen and oxygen atoms in total. The van der Waals surface area contributed by atoms with Gasteiger partial charge in [0.1, 0.15) is 11.6 Å². The van der Waals surface area contributed by atoms with E-state index in [9.17, 15) is 4.79 Å². The molecule has 0 unspecified atom stereocenters. The van der Waals surface area contributed by atoms with Gasteiger partial charge >= 0.3 is 5.69 Å². The molecule has 0 amide bonds. The lowest BCUT2D eigenvalue weighted by molar-refractivity contribution is 0.354.